The number of nitrogens with zero attached hydrogens (tertiary/aromatic N) is 1. The predicted molar refractivity (Wildman–Crippen MR) is 103 cm³/mol. The van der Waals surface area contributed by atoms with E-state index in [9.17, 15) is 14.7 Å². The molecule has 1 aromatic heterocycles. The zero-order chi connectivity index (χ0) is 19.6. The minimum absolute atomic E-state index is 0.0979. The normalized spacial score (nSPS) is 10.8. The number of aromatic nitrogens is 1. The van der Waals surface area contributed by atoms with Gasteiger partial charge in [0, 0.05) is 11.6 Å². The molecule has 6 nitrogen and oxygen atoms in total. The van der Waals surface area contributed by atoms with Crippen LogP contribution in [-0.4, -0.2) is 26.8 Å². The van der Waals surface area contributed by atoms with Crippen LogP contribution in [0.25, 0.3) is 11.3 Å². The lowest BCUT2D eigenvalue weighted by Crippen LogP contribution is -2.20. The number of amides is 1. The van der Waals surface area contributed by atoms with Crippen molar-refractivity contribution < 1.29 is 19.2 Å². The molecule has 9 heteroatoms. The van der Waals surface area contributed by atoms with Gasteiger partial charge in [0.1, 0.15) is 11.4 Å². The first-order chi connectivity index (χ1) is 12.9. The van der Waals surface area contributed by atoms with Crippen LogP contribution in [0.15, 0.2) is 53.1 Å². The molecule has 0 fully saturated rings. The van der Waals surface area contributed by atoms with Gasteiger partial charge in [0.2, 0.25) is 11.5 Å². The number of phenolic OH excluding ortho intramolecular Hbond substituents is 1. The molecule has 0 aliphatic rings. The SMILES string of the molecule is O=C(c1cc(-c2c(O)cccc2Cl)no1)c1ccccc1NC(=O)C(Cl)Cl. The summed E-state index contributed by atoms with van der Waals surface area (Å²) in [5.74, 6) is -1.40. The lowest BCUT2D eigenvalue weighted by Gasteiger charge is -2.09. The largest absolute Gasteiger partial charge is 0.507 e. The summed E-state index contributed by atoms with van der Waals surface area (Å²) in [6.07, 6.45) is 0. The number of carbonyl (C=O) groups excluding carboxylic acids is 2. The topological polar surface area (TPSA) is 92.4 Å². The summed E-state index contributed by atoms with van der Waals surface area (Å²) in [4.78, 5) is 23.2. The molecule has 0 saturated heterocycles. The number of rotatable bonds is 5. The van der Waals surface area contributed by atoms with Crippen LogP contribution in [0.5, 0.6) is 5.75 Å². The molecule has 0 aliphatic heterocycles. The smallest absolute Gasteiger partial charge is 0.257 e. The summed E-state index contributed by atoms with van der Waals surface area (Å²) in [5.41, 5.74) is 0.823. The molecule has 0 unspecified atom stereocenters. The summed E-state index contributed by atoms with van der Waals surface area (Å²) in [6, 6.07) is 12.2. The van der Waals surface area contributed by atoms with Gasteiger partial charge in [-0.3, -0.25) is 9.59 Å². The monoisotopic (exact) mass is 424 g/mol. The molecule has 1 amide bonds. The Hall–Kier alpha value is -2.54. The third-order valence-corrected chi connectivity index (χ3v) is 4.32. The maximum Gasteiger partial charge on any atom is 0.257 e. The number of benzene rings is 2. The van der Waals surface area contributed by atoms with E-state index in [1.807, 2.05) is 0 Å². The van der Waals surface area contributed by atoms with Crippen molar-refractivity contribution in [3.8, 4) is 17.0 Å². The molecule has 0 spiro atoms. The van der Waals surface area contributed by atoms with Gasteiger partial charge in [-0.2, -0.15) is 0 Å². The lowest BCUT2D eigenvalue weighted by molar-refractivity contribution is -0.114. The second-order valence-corrected chi connectivity index (χ2v) is 6.88. The van der Waals surface area contributed by atoms with Crippen molar-refractivity contribution in [3.63, 3.8) is 0 Å². The molecule has 3 rings (SSSR count). The number of halogens is 3. The van der Waals surface area contributed by atoms with Crippen molar-refractivity contribution in [2.45, 2.75) is 4.84 Å². The average Bonchev–Trinajstić information content (AvgIpc) is 3.11. The van der Waals surface area contributed by atoms with Crippen molar-refractivity contribution in [2.24, 2.45) is 0 Å². The fourth-order valence-electron chi connectivity index (χ4n) is 2.38. The second kappa shape index (κ2) is 8.00. The van der Waals surface area contributed by atoms with Gasteiger partial charge >= 0.3 is 0 Å². The van der Waals surface area contributed by atoms with E-state index < -0.39 is 16.5 Å². The Bertz CT molecular complexity index is 997. The highest BCUT2D eigenvalue weighted by Crippen LogP contribution is 2.35. The van der Waals surface area contributed by atoms with E-state index >= 15 is 0 Å². The van der Waals surface area contributed by atoms with Gasteiger partial charge in [-0.25, -0.2) is 0 Å². The number of carbonyl (C=O) groups is 2. The van der Waals surface area contributed by atoms with Gasteiger partial charge in [0.05, 0.1) is 16.3 Å². The number of anilines is 1. The molecule has 1 heterocycles. The third-order valence-electron chi connectivity index (χ3n) is 3.61. The molecule has 0 atom stereocenters. The van der Waals surface area contributed by atoms with E-state index in [2.05, 4.69) is 10.5 Å². The fourth-order valence-corrected chi connectivity index (χ4v) is 2.75. The molecule has 0 bridgehead atoms. The maximum atomic E-state index is 12.8. The van der Waals surface area contributed by atoms with Crippen molar-refractivity contribution in [1.29, 1.82) is 0 Å². The van der Waals surface area contributed by atoms with Crippen molar-refractivity contribution in [1.82, 2.24) is 5.16 Å². The minimum atomic E-state index is -1.28. The molecule has 0 saturated carbocycles. The highest BCUT2D eigenvalue weighted by Gasteiger charge is 2.22. The average molecular weight is 426 g/mol. The highest BCUT2D eigenvalue weighted by atomic mass is 35.5. The highest BCUT2D eigenvalue weighted by molar-refractivity contribution is 6.54. The Kier molecular flexibility index (Phi) is 5.70. The second-order valence-electron chi connectivity index (χ2n) is 5.38. The van der Waals surface area contributed by atoms with Gasteiger partial charge in [0.25, 0.3) is 5.91 Å². The van der Waals surface area contributed by atoms with Crippen LogP contribution in [0.2, 0.25) is 5.02 Å². The zero-order valence-corrected chi connectivity index (χ0v) is 15.7. The van der Waals surface area contributed by atoms with E-state index in [0.29, 0.717) is 0 Å². The molecule has 0 radical (unpaired) electrons. The quantitative estimate of drug-likeness (QED) is 0.457. The number of nitrogens with one attached hydrogen (secondary N) is 1. The first kappa shape index (κ1) is 19.2. The van der Waals surface area contributed by atoms with Crippen molar-refractivity contribution >= 4 is 52.2 Å². The van der Waals surface area contributed by atoms with Crippen LogP contribution >= 0.6 is 34.8 Å². The van der Waals surface area contributed by atoms with E-state index in [0.717, 1.165) is 0 Å². The van der Waals surface area contributed by atoms with Gasteiger partial charge < -0.3 is 14.9 Å². The Morgan fingerprint density at radius 2 is 1.85 bits per heavy atom. The molecule has 2 N–H and O–H groups in total. The summed E-state index contributed by atoms with van der Waals surface area (Å²) < 4.78 is 5.12. The van der Waals surface area contributed by atoms with E-state index in [4.69, 9.17) is 39.3 Å². The third kappa shape index (κ3) is 4.08. The summed E-state index contributed by atoms with van der Waals surface area (Å²) in [7, 11) is 0. The van der Waals surface area contributed by atoms with Crippen molar-refractivity contribution in [2.75, 3.05) is 5.32 Å². The number of aromatic hydroxyl groups is 1. The summed E-state index contributed by atoms with van der Waals surface area (Å²) in [5, 5.41) is 16.5. The molecule has 0 aliphatic carbocycles. The number of para-hydroxylation sites is 1. The van der Waals surface area contributed by atoms with E-state index in [1.54, 1.807) is 24.3 Å². The predicted octanol–water partition coefficient (Wildman–Crippen LogP) is 4.67. The first-order valence-electron chi connectivity index (χ1n) is 7.55. The maximum absolute atomic E-state index is 12.8. The van der Waals surface area contributed by atoms with E-state index in [1.165, 1.54) is 24.3 Å². The number of hydrogen-bond donors (Lipinski definition) is 2. The van der Waals surface area contributed by atoms with Crippen LogP contribution < -0.4 is 5.32 Å². The van der Waals surface area contributed by atoms with Crippen LogP contribution in [0, 0.1) is 0 Å². The van der Waals surface area contributed by atoms with Crippen LogP contribution in [0.3, 0.4) is 0 Å². The summed E-state index contributed by atoms with van der Waals surface area (Å²) in [6.45, 7) is 0. The van der Waals surface area contributed by atoms with Gasteiger partial charge in [-0.05, 0) is 24.3 Å². The van der Waals surface area contributed by atoms with Crippen molar-refractivity contribution in [3.05, 3.63) is 64.9 Å². The number of ketones is 1. The van der Waals surface area contributed by atoms with Gasteiger partial charge in [-0.1, -0.05) is 58.2 Å². The fraction of sp³-hybridized carbons (Fsp3) is 0.0556. The van der Waals surface area contributed by atoms with E-state index in [-0.39, 0.29) is 39.0 Å². The number of phenols is 1. The first-order valence-corrected chi connectivity index (χ1v) is 8.81. The molecule has 27 heavy (non-hydrogen) atoms. The molecular weight excluding hydrogens is 415 g/mol. The van der Waals surface area contributed by atoms with Crippen LogP contribution in [0.1, 0.15) is 16.1 Å². The summed E-state index contributed by atoms with van der Waals surface area (Å²) >= 11 is 17.1. The number of hydrogen-bond acceptors (Lipinski definition) is 5. The Balaban J connectivity index is 1.95. The zero-order valence-electron chi connectivity index (χ0n) is 13.4. The minimum Gasteiger partial charge on any atom is -0.507 e. The van der Waals surface area contributed by atoms with Gasteiger partial charge in [0.15, 0.2) is 4.84 Å². The van der Waals surface area contributed by atoms with Gasteiger partial charge in [-0.15, -0.1) is 0 Å². The molecular formula is C18H11Cl3N2O4. The Morgan fingerprint density at radius 3 is 2.56 bits per heavy atom. The lowest BCUT2D eigenvalue weighted by atomic mass is 10.0. The molecule has 3 aromatic rings. The Labute approximate surface area is 168 Å². The number of alkyl halides is 2. The molecule has 2 aromatic carbocycles. The Morgan fingerprint density at radius 1 is 1.11 bits per heavy atom. The van der Waals surface area contributed by atoms with Crippen LogP contribution in [-0.2, 0) is 4.79 Å². The standard InChI is InChI=1S/C18H11Cl3N2O4/c19-10-5-3-7-13(24)15(10)12-8-14(27-23-12)16(25)9-4-1-2-6-11(9)22-18(26)17(20)21/h1-8,17,24H,(H,22,26). The van der Waals surface area contributed by atoms with Crippen LogP contribution in [0.4, 0.5) is 5.69 Å². The molecule has 138 valence electrons.